The van der Waals surface area contributed by atoms with Gasteiger partial charge in [-0.2, -0.15) is 5.10 Å². The molecule has 5 nitrogen and oxygen atoms in total. The topological polar surface area (TPSA) is 59.0 Å². The number of hydrogen-bond donors (Lipinski definition) is 0. The molecule has 0 radical (unpaired) electrons. The number of amides is 1. The second-order valence-corrected chi connectivity index (χ2v) is 9.33. The zero-order valence-corrected chi connectivity index (χ0v) is 20.7. The van der Waals surface area contributed by atoms with Gasteiger partial charge in [0.15, 0.2) is 6.61 Å². The molecule has 1 unspecified atom stereocenters. The van der Waals surface area contributed by atoms with Crippen LogP contribution >= 0.6 is 0 Å². The first-order chi connectivity index (χ1) is 17.4. The van der Waals surface area contributed by atoms with Crippen molar-refractivity contribution < 1.29 is 14.3 Å². The maximum Gasteiger partial charge on any atom is 0.339 e. The standard InChI is InChI=1S/C31H28N2O3/c1-20-15-21(2)30(22(3)16-20)31(35)36-19-29(34)33-28(24-10-5-4-6-11-24)18-27(32-33)26-14-13-23-9-7-8-12-25(23)17-26/h4-17,28H,18-19H2,1-3H3. The normalized spacial score (nSPS) is 15.1. The fourth-order valence-electron chi connectivity index (χ4n) is 4.99. The molecule has 5 rings (SSSR count). The van der Waals surface area contributed by atoms with Crippen LogP contribution in [0, 0.1) is 20.8 Å². The van der Waals surface area contributed by atoms with E-state index in [-0.39, 0.29) is 18.6 Å². The number of fused-ring (bicyclic) bond motifs is 1. The van der Waals surface area contributed by atoms with Crippen molar-refractivity contribution >= 4 is 28.4 Å². The van der Waals surface area contributed by atoms with E-state index in [9.17, 15) is 9.59 Å². The van der Waals surface area contributed by atoms with Crippen LogP contribution in [-0.4, -0.2) is 29.2 Å². The van der Waals surface area contributed by atoms with E-state index in [0.717, 1.165) is 44.3 Å². The Labute approximate surface area is 211 Å². The quantitative estimate of drug-likeness (QED) is 0.318. The third-order valence-corrected chi connectivity index (χ3v) is 6.64. The van der Waals surface area contributed by atoms with Crippen molar-refractivity contribution in [1.82, 2.24) is 5.01 Å². The van der Waals surface area contributed by atoms with Gasteiger partial charge in [0.25, 0.3) is 5.91 Å². The second kappa shape index (κ2) is 9.78. The number of carbonyl (C=O) groups excluding carboxylic acids is 2. The highest BCUT2D eigenvalue weighted by molar-refractivity contribution is 6.05. The smallest absolute Gasteiger partial charge is 0.339 e. The molecule has 1 atom stereocenters. The predicted octanol–water partition coefficient (Wildman–Crippen LogP) is 6.30. The molecule has 0 aliphatic carbocycles. The lowest BCUT2D eigenvalue weighted by Gasteiger charge is -2.22. The molecule has 0 bridgehead atoms. The molecule has 0 fully saturated rings. The Bertz CT molecular complexity index is 1470. The van der Waals surface area contributed by atoms with Crippen LogP contribution in [0.3, 0.4) is 0 Å². The summed E-state index contributed by atoms with van der Waals surface area (Å²) < 4.78 is 5.49. The van der Waals surface area contributed by atoms with Gasteiger partial charge < -0.3 is 4.74 Å². The minimum Gasteiger partial charge on any atom is -0.452 e. The van der Waals surface area contributed by atoms with Gasteiger partial charge >= 0.3 is 5.97 Å². The molecule has 0 aromatic heterocycles. The highest BCUT2D eigenvalue weighted by atomic mass is 16.5. The van der Waals surface area contributed by atoms with Gasteiger partial charge in [-0.15, -0.1) is 0 Å². The van der Waals surface area contributed by atoms with E-state index in [2.05, 4.69) is 24.3 Å². The number of esters is 1. The van der Waals surface area contributed by atoms with Crippen LogP contribution in [-0.2, 0) is 9.53 Å². The van der Waals surface area contributed by atoms with Crippen LogP contribution in [0.2, 0.25) is 0 Å². The Hall–Kier alpha value is -4.25. The van der Waals surface area contributed by atoms with Crippen molar-refractivity contribution in [2.45, 2.75) is 33.2 Å². The zero-order valence-electron chi connectivity index (χ0n) is 20.7. The Morgan fingerprint density at radius 2 is 1.53 bits per heavy atom. The summed E-state index contributed by atoms with van der Waals surface area (Å²) in [6.07, 6.45) is 0.582. The summed E-state index contributed by atoms with van der Waals surface area (Å²) in [6, 6.07) is 27.9. The molecule has 0 saturated carbocycles. The van der Waals surface area contributed by atoms with Crippen molar-refractivity contribution in [3.63, 3.8) is 0 Å². The Balaban J connectivity index is 1.40. The maximum atomic E-state index is 13.3. The number of aryl methyl sites for hydroxylation is 3. The van der Waals surface area contributed by atoms with Crippen LogP contribution in [0.15, 0.2) is 90.0 Å². The molecule has 0 saturated heterocycles. The van der Waals surface area contributed by atoms with E-state index in [4.69, 9.17) is 9.84 Å². The molecule has 0 spiro atoms. The monoisotopic (exact) mass is 476 g/mol. The minimum atomic E-state index is -0.493. The fourth-order valence-corrected chi connectivity index (χ4v) is 4.99. The molecule has 1 aliphatic rings. The average Bonchev–Trinajstić information content (AvgIpc) is 3.33. The van der Waals surface area contributed by atoms with Crippen molar-refractivity contribution in [2.75, 3.05) is 6.61 Å². The lowest BCUT2D eigenvalue weighted by molar-refractivity contribution is -0.136. The van der Waals surface area contributed by atoms with Gasteiger partial charge in [0.1, 0.15) is 0 Å². The van der Waals surface area contributed by atoms with Crippen molar-refractivity contribution in [1.29, 1.82) is 0 Å². The first kappa shape index (κ1) is 23.5. The SMILES string of the molecule is Cc1cc(C)c(C(=O)OCC(=O)N2N=C(c3ccc4ccccc4c3)CC2c2ccccc2)c(C)c1. The number of hydrogen-bond acceptors (Lipinski definition) is 4. The number of benzene rings is 4. The molecule has 4 aromatic carbocycles. The van der Waals surface area contributed by atoms with Gasteiger partial charge in [0, 0.05) is 6.42 Å². The Morgan fingerprint density at radius 1 is 0.861 bits per heavy atom. The minimum absolute atomic E-state index is 0.262. The molecular weight excluding hydrogens is 448 g/mol. The summed E-state index contributed by atoms with van der Waals surface area (Å²) >= 11 is 0. The van der Waals surface area contributed by atoms with E-state index in [1.807, 2.05) is 81.4 Å². The first-order valence-corrected chi connectivity index (χ1v) is 12.1. The third kappa shape index (κ3) is 4.65. The average molecular weight is 477 g/mol. The second-order valence-electron chi connectivity index (χ2n) is 9.33. The van der Waals surface area contributed by atoms with Crippen molar-refractivity contribution in [3.8, 4) is 0 Å². The molecule has 1 aliphatic heterocycles. The third-order valence-electron chi connectivity index (χ3n) is 6.64. The number of ether oxygens (including phenoxy) is 1. The Morgan fingerprint density at radius 3 is 2.25 bits per heavy atom. The van der Waals surface area contributed by atoms with Crippen molar-refractivity contribution in [3.05, 3.63) is 118 Å². The maximum absolute atomic E-state index is 13.3. The lowest BCUT2D eigenvalue weighted by atomic mass is 9.97. The van der Waals surface area contributed by atoms with E-state index >= 15 is 0 Å². The van der Waals surface area contributed by atoms with Gasteiger partial charge in [0.05, 0.1) is 17.3 Å². The summed E-state index contributed by atoms with van der Waals surface area (Å²) in [4.78, 5) is 26.2. The van der Waals surface area contributed by atoms with Gasteiger partial charge in [-0.3, -0.25) is 4.79 Å². The van der Waals surface area contributed by atoms with Gasteiger partial charge in [-0.1, -0.05) is 84.4 Å². The van der Waals surface area contributed by atoms with Gasteiger partial charge in [-0.25, -0.2) is 9.80 Å². The molecule has 4 aromatic rings. The number of hydrazone groups is 1. The zero-order chi connectivity index (χ0) is 25.2. The van der Waals surface area contributed by atoms with Gasteiger partial charge in [0.2, 0.25) is 0 Å². The van der Waals surface area contributed by atoms with Crippen LogP contribution in [0.5, 0.6) is 0 Å². The number of carbonyl (C=O) groups is 2. The van der Waals surface area contributed by atoms with Crippen LogP contribution in [0.4, 0.5) is 0 Å². The highest BCUT2D eigenvalue weighted by Gasteiger charge is 2.33. The highest BCUT2D eigenvalue weighted by Crippen LogP contribution is 2.33. The molecule has 5 heteroatoms. The summed E-state index contributed by atoms with van der Waals surface area (Å²) in [5.41, 5.74) is 6.06. The number of nitrogens with zero attached hydrogens (tertiary/aromatic N) is 2. The summed E-state index contributed by atoms with van der Waals surface area (Å²) in [7, 11) is 0. The largest absolute Gasteiger partial charge is 0.452 e. The van der Waals surface area contributed by atoms with Crippen LogP contribution in [0.25, 0.3) is 10.8 Å². The van der Waals surface area contributed by atoms with E-state index in [1.165, 1.54) is 5.01 Å². The van der Waals surface area contributed by atoms with Crippen LogP contribution < -0.4 is 0 Å². The molecule has 180 valence electrons. The molecule has 1 amide bonds. The predicted molar refractivity (Wildman–Crippen MR) is 142 cm³/mol. The summed E-state index contributed by atoms with van der Waals surface area (Å²) in [5, 5.41) is 8.48. The van der Waals surface area contributed by atoms with E-state index in [1.54, 1.807) is 0 Å². The van der Waals surface area contributed by atoms with E-state index in [0.29, 0.717) is 12.0 Å². The first-order valence-electron chi connectivity index (χ1n) is 12.1. The Kier molecular flexibility index (Phi) is 6.38. The molecular formula is C31H28N2O3. The van der Waals surface area contributed by atoms with Crippen LogP contribution in [0.1, 0.15) is 50.6 Å². The molecule has 36 heavy (non-hydrogen) atoms. The van der Waals surface area contributed by atoms with Gasteiger partial charge in [-0.05, 0) is 59.9 Å². The van der Waals surface area contributed by atoms with E-state index < -0.39 is 5.97 Å². The summed E-state index contributed by atoms with van der Waals surface area (Å²) in [6.45, 7) is 5.37. The molecule has 1 heterocycles. The molecule has 0 N–H and O–H groups in total. The fraction of sp³-hybridized carbons (Fsp3) is 0.194. The van der Waals surface area contributed by atoms with Crippen molar-refractivity contribution in [2.24, 2.45) is 5.10 Å². The number of rotatable bonds is 5. The summed E-state index contributed by atoms with van der Waals surface area (Å²) in [5.74, 6) is -0.844. The lowest BCUT2D eigenvalue weighted by Crippen LogP contribution is -2.31.